The van der Waals surface area contributed by atoms with E-state index in [1.54, 1.807) is 6.07 Å². The van der Waals surface area contributed by atoms with Crippen LogP contribution in [0.3, 0.4) is 0 Å². The van der Waals surface area contributed by atoms with Crippen LogP contribution in [0.15, 0.2) is 25.0 Å². The average Bonchev–Trinajstić information content (AvgIpc) is 2.37. The summed E-state index contributed by atoms with van der Waals surface area (Å²) in [5, 5.41) is 0. The minimum absolute atomic E-state index is 0. The molecule has 0 aliphatic heterocycles. The van der Waals surface area contributed by atoms with Crippen molar-refractivity contribution in [2.24, 2.45) is 5.92 Å². The standard InChI is InChI=1S/C15H18F2O.H2/c1-3-18-13-9-8-12(14(16)15(13)17)11-6-4-10(2)5-7-11;/h3,8-11H,1,4-7H2,2H3;1H. The number of hydrogen-bond acceptors (Lipinski definition) is 1. The first kappa shape index (κ1) is 13.1. The second kappa shape index (κ2) is 5.51. The van der Waals surface area contributed by atoms with Crippen LogP contribution in [0.25, 0.3) is 0 Å². The van der Waals surface area contributed by atoms with Gasteiger partial charge in [-0.15, -0.1) is 0 Å². The Morgan fingerprint density at radius 2 is 1.89 bits per heavy atom. The molecule has 0 amide bonds. The Morgan fingerprint density at radius 1 is 1.22 bits per heavy atom. The summed E-state index contributed by atoms with van der Waals surface area (Å²) >= 11 is 0. The third kappa shape index (κ3) is 2.55. The zero-order valence-electron chi connectivity index (χ0n) is 10.6. The topological polar surface area (TPSA) is 9.23 Å². The molecular formula is C15H20F2O. The molecule has 0 saturated heterocycles. The van der Waals surface area contributed by atoms with E-state index in [0.29, 0.717) is 11.5 Å². The van der Waals surface area contributed by atoms with Crippen LogP contribution in [0.4, 0.5) is 8.78 Å². The molecule has 1 aromatic carbocycles. The van der Waals surface area contributed by atoms with Crippen molar-refractivity contribution >= 4 is 0 Å². The molecule has 3 heteroatoms. The van der Waals surface area contributed by atoms with Crippen molar-refractivity contribution in [1.29, 1.82) is 0 Å². The third-order valence-electron chi connectivity index (χ3n) is 3.74. The van der Waals surface area contributed by atoms with Gasteiger partial charge < -0.3 is 4.74 Å². The van der Waals surface area contributed by atoms with Gasteiger partial charge in [-0.3, -0.25) is 0 Å². The smallest absolute Gasteiger partial charge is 0.201 e. The highest BCUT2D eigenvalue weighted by atomic mass is 19.2. The van der Waals surface area contributed by atoms with Gasteiger partial charge in [-0.25, -0.2) is 4.39 Å². The minimum atomic E-state index is -0.911. The first-order valence-corrected chi connectivity index (χ1v) is 6.39. The summed E-state index contributed by atoms with van der Waals surface area (Å²) in [5.41, 5.74) is 0.482. The Bertz CT molecular complexity index is 440. The summed E-state index contributed by atoms with van der Waals surface area (Å²) in [6, 6.07) is 3.12. The van der Waals surface area contributed by atoms with Gasteiger partial charge in [0, 0.05) is 1.43 Å². The van der Waals surface area contributed by atoms with Gasteiger partial charge in [0.15, 0.2) is 11.6 Å². The molecular weight excluding hydrogens is 234 g/mol. The number of benzene rings is 1. The first-order chi connectivity index (χ1) is 8.63. The number of halogens is 2. The van der Waals surface area contributed by atoms with Crippen molar-refractivity contribution < 1.29 is 14.9 Å². The number of rotatable bonds is 3. The second-order valence-corrected chi connectivity index (χ2v) is 5.02. The monoisotopic (exact) mass is 254 g/mol. The van der Waals surface area contributed by atoms with Gasteiger partial charge in [0.2, 0.25) is 5.82 Å². The Labute approximate surface area is 108 Å². The molecule has 0 unspecified atom stereocenters. The van der Waals surface area contributed by atoms with Crippen LogP contribution in [-0.4, -0.2) is 0 Å². The Hall–Kier alpha value is -1.38. The van der Waals surface area contributed by atoms with E-state index in [2.05, 4.69) is 13.5 Å². The van der Waals surface area contributed by atoms with E-state index in [0.717, 1.165) is 31.9 Å². The number of ether oxygens (including phenoxy) is 1. The molecule has 0 spiro atoms. The lowest BCUT2D eigenvalue weighted by Gasteiger charge is -2.26. The molecule has 1 aromatic rings. The SMILES string of the molecule is C=COc1ccc(C2CCC(C)CC2)c(F)c1F.[HH]. The van der Waals surface area contributed by atoms with Crippen LogP contribution >= 0.6 is 0 Å². The van der Waals surface area contributed by atoms with Gasteiger partial charge in [0.1, 0.15) is 0 Å². The van der Waals surface area contributed by atoms with E-state index in [9.17, 15) is 8.78 Å². The molecule has 0 N–H and O–H groups in total. The highest BCUT2D eigenvalue weighted by Gasteiger charge is 2.24. The van der Waals surface area contributed by atoms with E-state index in [4.69, 9.17) is 4.74 Å². The van der Waals surface area contributed by atoms with E-state index < -0.39 is 11.6 Å². The lowest BCUT2D eigenvalue weighted by Crippen LogP contribution is -2.13. The second-order valence-electron chi connectivity index (χ2n) is 5.02. The fourth-order valence-electron chi connectivity index (χ4n) is 2.61. The molecule has 1 fully saturated rings. The minimum Gasteiger partial charge on any atom is -0.462 e. The van der Waals surface area contributed by atoms with Crippen molar-refractivity contribution in [2.75, 3.05) is 0 Å². The maximum absolute atomic E-state index is 14.0. The zero-order valence-corrected chi connectivity index (χ0v) is 10.6. The predicted molar refractivity (Wildman–Crippen MR) is 69.7 cm³/mol. The zero-order chi connectivity index (χ0) is 13.1. The van der Waals surface area contributed by atoms with E-state index in [-0.39, 0.29) is 13.1 Å². The largest absolute Gasteiger partial charge is 0.462 e. The normalized spacial score (nSPS) is 23.7. The summed E-state index contributed by atoms with van der Waals surface area (Å²) < 4.78 is 32.5. The van der Waals surface area contributed by atoms with E-state index >= 15 is 0 Å². The van der Waals surface area contributed by atoms with Crippen LogP contribution < -0.4 is 4.74 Å². The van der Waals surface area contributed by atoms with Crippen molar-refractivity contribution in [3.05, 3.63) is 42.2 Å². The van der Waals surface area contributed by atoms with Crippen LogP contribution in [0.2, 0.25) is 0 Å². The molecule has 0 radical (unpaired) electrons. The summed E-state index contributed by atoms with van der Waals surface area (Å²) in [4.78, 5) is 0. The molecule has 1 aliphatic rings. The molecule has 0 atom stereocenters. The molecule has 100 valence electrons. The molecule has 0 aromatic heterocycles. The average molecular weight is 254 g/mol. The summed E-state index contributed by atoms with van der Waals surface area (Å²) in [5.74, 6) is -0.957. The van der Waals surface area contributed by atoms with Gasteiger partial charge in [0.05, 0.1) is 6.26 Å². The van der Waals surface area contributed by atoms with Crippen molar-refractivity contribution in [1.82, 2.24) is 0 Å². The molecule has 1 saturated carbocycles. The molecule has 0 bridgehead atoms. The predicted octanol–water partition coefficient (Wildman–Crippen LogP) is 5.03. The first-order valence-electron chi connectivity index (χ1n) is 6.39. The third-order valence-corrected chi connectivity index (χ3v) is 3.74. The van der Waals surface area contributed by atoms with E-state index in [1.165, 1.54) is 6.07 Å². The molecule has 1 nitrogen and oxygen atoms in total. The highest BCUT2D eigenvalue weighted by Crippen LogP contribution is 2.38. The van der Waals surface area contributed by atoms with Crippen LogP contribution in [0.1, 0.15) is 45.5 Å². The van der Waals surface area contributed by atoms with Crippen LogP contribution in [0.5, 0.6) is 5.75 Å². The molecule has 0 heterocycles. The summed E-state index contributed by atoms with van der Waals surface area (Å²) in [6.45, 7) is 5.54. The van der Waals surface area contributed by atoms with Crippen molar-refractivity contribution in [3.63, 3.8) is 0 Å². The molecule has 2 rings (SSSR count). The van der Waals surface area contributed by atoms with E-state index in [1.807, 2.05) is 0 Å². The molecule has 1 aliphatic carbocycles. The van der Waals surface area contributed by atoms with Crippen molar-refractivity contribution in [3.8, 4) is 5.75 Å². The van der Waals surface area contributed by atoms with Gasteiger partial charge in [0.25, 0.3) is 0 Å². The van der Waals surface area contributed by atoms with Crippen LogP contribution in [-0.2, 0) is 0 Å². The maximum atomic E-state index is 14.0. The van der Waals surface area contributed by atoms with Gasteiger partial charge >= 0.3 is 0 Å². The quantitative estimate of drug-likeness (QED) is 0.688. The fourth-order valence-corrected chi connectivity index (χ4v) is 2.61. The van der Waals surface area contributed by atoms with Crippen LogP contribution in [0, 0.1) is 17.6 Å². The van der Waals surface area contributed by atoms with Crippen molar-refractivity contribution in [2.45, 2.75) is 38.5 Å². The summed E-state index contributed by atoms with van der Waals surface area (Å²) in [6.07, 6.45) is 5.12. The van der Waals surface area contributed by atoms with Gasteiger partial charge in [-0.05, 0) is 36.3 Å². The Kier molecular flexibility index (Phi) is 4.00. The number of hydrogen-bond donors (Lipinski definition) is 0. The fraction of sp³-hybridized carbons (Fsp3) is 0.467. The Balaban J connectivity index is 0.00000180. The van der Waals surface area contributed by atoms with Gasteiger partial charge in [-0.2, -0.15) is 4.39 Å². The lowest BCUT2D eigenvalue weighted by atomic mass is 9.79. The maximum Gasteiger partial charge on any atom is 0.201 e. The highest BCUT2D eigenvalue weighted by molar-refractivity contribution is 5.33. The van der Waals surface area contributed by atoms with Gasteiger partial charge in [-0.1, -0.05) is 32.4 Å². The lowest BCUT2D eigenvalue weighted by molar-refractivity contribution is 0.336. The molecule has 18 heavy (non-hydrogen) atoms. The summed E-state index contributed by atoms with van der Waals surface area (Å²) in [7, 11) is 0. The Morgan fingerprint density at radius 3 is 2.50 bits per heavy atom.